The second-order valence-corrected chi connectivity index (χ2v) is 4.99. The summed E-state index contributed by atoms with van der Waals surface area (Å²) in [7, 11) is 0. The number of hydrogen-bond acceptors (Lipinski definition) is 2. The van der Waals surface area contributed by atoms with Gasteiger partial charge in [0.25, 0.3) is 0 Å². The summed E-state index contributed by atoms with van der Waals surface area (Å²) in [4.78, 5) is 0. The maximum absolute atomic E-state index is 9.68. The Morgan fingerprint density at radius 1 is 1.06 bits per heavy atom. The van der Waals surface area contributed by atoms with Crippen molar-refractivity contribution in [2.45, 2.75) is 0 Å². The molecule has 0 saturated carbocycles. The molecule has 0 atom stereocenters. The second-order valence-electron chi connectivity index (χ2n) is 3.29. The molecule has 0 bridgehead atoms. The van der Waals surface area contributed by atoms with Gasteiger partial charge in [0.2, 0.25) is 0 Å². The predicted molar refractivity (Wildman–Crippen MR) is 72.3 cm³/mol. The van der Waals surface area contributed by atoms with E-state index >= 15 is 0 Å². The Morgan fingerprint density at radius 2 is 1.71 bits per heavy atom. The van der Waals surface area contributed by atoms with Crippen LogP contribution in [0.1, 0.15) is 0 Å². The van der Waals surface area contributed by atoms with Crippen molar-refractivity contribution in [3.8, 4) is 17.2 Å². The van der Waals surface area contributed by atoms with Crippen molar-refractivity contribution >= 4 is 39.1 Å². The highest BCUT2D eigenvalue weighted by molar-refractivity contribution is 9.10. The van der Waals surface area contributed by atoms with Crippen LogP contribution < -0.4 is 4.74 Å². The molecule has 88 valence electrons. The summed E-state index contributed by atoms with van der Waals surface area (Å²) in [6, 6.07) is 9.86. The van der Waals surface area contributed by atoms with Crippen molar-refractivity contribution in [1.82, 2.24) is 0 Å². The zero-order chi connectivity index (χ0) is 12.4. The fourth-order valence-corrected chi connectivity index (χ4v) is 1.84. The van der Waals surface area contributed by atoms with Crippen molar-refractivity contribution in [2.24, 2.45) is 0 Å². The minimum Gasteiger partial charge on any atom is -0.504 e. The van der Waals surface area contributed by atoms with Gasteiger partial charge in [-0.3, -0.25) is 0 Å². The average Bonchev–Trinajstić information content (AvgIpc) is 2.29. The van der Waals surface area contributed by atoms with Crippen molar-refractivity contribution in [2.75, 3.05) is 0 Å². The quantitative estimate of drug-likeness (QED) is 0.812. The molecular formula is C12H7BrCl2O2. The summed E-state index contributed by atoms with van der Waals surface area (Å²) in [5.74, 6) is 0.885. The number of benzene rings is 2. The van der Waals surface area contributed by atoms with Gasteiger partial charge in [-0.2, -0.15) is 0 Å². The third-order valence-electron chi connectivity index (χ3n) is 2.04. The largest absolute Gasteiger partial charge is 0.504 e. The summed E-state index contributed by atoms with van der Waals surface area (Å²) in [5, 5.41) is 10.7. The van der Waals surface area contributed by atoms with Crippen molar-refractivity contribution in [3.63, 3.8) is 0 Å². The first-order valence-electron chi connectivity index (χ1n) is 4.67. The highest BCUT2D eigenvalue weighted by atomic mass is 79.9. The summed E-state index contributed by atoms with van der Waals surface area (Å²) in [5.41, 5.74) is 0. The molecule has 0 radical (unpaired) electrons. The molecule has 5 heteroatoms. The number of phenols is 1. The lowest BCUT2D eigenvalue weighted by molar-refractivity contribution is 0.411. The van der Waals surface area contributed by atoms with E-state index in [0.29, 0.717) is 26.0 Å². The zero-order valence-electron chi connectivity index (χ0n) is 8.45. The van der Waals surface area contributed by atoms with Crippen LogP contribution in [0.2, 0.25) is 10.0 Å². The number of halogens is 3. The van der Waals surface area contributed by atoms with Gasteiger partial charge in [-0.15, -0.1) is 0 Å². The lowest BCUT2D eigenvalue weighted by Gasteiger charge is -2.08. The van der Waals surface area contributed by atoms with Crippen LogP contribution in [0.3, 0.4) is 0 Å². The van der Waals surface area contributed by atoms with Gasteiger partial charge < -0.3 is 9.84 Å². The van der Waals surface area contributed by atoms with Gasteiger partial charge in [0.05, 0.1) is 5.02 Å². The zero-order valence-corrected chi connectivity index (χ0v) is 11.6. The number of ether oxygens (including phenoxy) is 1. The molecule has 0 heterocycles. The molecule has 0 unspecified atom stereocenters. The molecule has 0 spiro atoms. The van der Waals surface area contributed by atoms with Crippen LogP contribution in [0.25, 0.3) is 0 Å². The minimum absolute atomic E-state index is 0.0202. The van der Waals surface area contributed by atoms with Crippen molar-refractivity contribution in [1.29, 1.82) is 0 Å². The molecule has 0 aromatic heterocycles. The molecule has 0 fully saturated rings. The Morgan fingerprint density at radius 3 is 2.35 bits per heavy atom. The normalized spacial score (nSPS) is 10.3. The Labute approximate surface area is 117 Å². The van der Waals surface area contributed by atoms with E-state index in [2.05, 4.69) is 15.9 Å². The van der Waals surface area contributed by atoms with Crippen LogP contribution in [0, 0.1) is 0 Å². The maximum atomic E-state index is 9.68. The van der Waals surface area contributed by atoms with Crippen molar-refractivity contribution in [3.05, 3.63) is 50.9 Å². The summed E-state index contributed by atoms with van der Waals surface area (Å²) in [6.45, 7) is 0. The molecule has 17 heavy (non-hydrogen) atoms. The Kier molecular flexibility index (Phi) is 3.82. The first-order chi connectivity index (χ1) is 8.06. The molecular weight excluding hydrogens is 327 g/mol. The van der Waals surface area contributed by atoms with Gasteiger partial charge in [-0.05, 0) is 40.2 Å². The van der Waals surface area contributed by atoms with E-state index in [9.17, 15) is 5.11 Å². The van der Waals surface area contributed by atoms with Crippen molar-refractivity contribution < 1.29 is 9.84 Å². The number of phenolic OH excluding ortho intramolecular Hbond substituents is 1. The predicted octanol–water partition coefficient (Wildman–Crippen LogP) is 5.25. The first-order valence-corrected chi connectivity index (χ1v) is 6.22. The lowest BCUT2D eigenvalue weighted by atomic mass is 10.3. The van der Waals surface area contributed by atoms with Gasteiger partial charge in [0, 0.05) is 21.6 Å². The van der Waals surface area contributed by atoms with Crippen LogP contribution in [0.15, 0.2) is 40.9 Å². The van der Waals surface area contributed by atoms with E-state index in [1.165, 1.54) is 6.07 Å². The molecule has 0 aliphatic carbocycles. The number of aromatic hydroxyl groups is 1. The minimum atomic E-state index is -0.0202. The fourth-order valence-electron chi connectivity index (χ4n) is 1.23. The highest BCUT2D eigenvalue weighted by Crippen LogP contribution is 2.37. The third kappa shape index (κ3) is 3.06. The number of rotatable bonds is 2. The molecule has 0 aliphatic rings. The average molecular weight is 334 g/mol. The van der Waals surface area contributed by atoms with Crippen LogP contribution in [-0.2, 0) is 0 Å². The van der Waals surface area contributed by atoms with E-state index in [1.807, 2.05) is 0 Å². The molecule has 0 aliphatic heterocycles. The molecule has 0 amide bonds. The smallest absolute Gasteiger partial charge is 0.170 e. The fraction of sp³-hybridized carbons (Fsp3) is 0. The molecule has 2 aromatic rings. The first kappa shape index (κ1) is 12.6. The van der Waals surface area contributed by atoms with Gasteiger partial charge in [0.1, 0.15) is 5.75 Å². The molecule has 2 aromatic carbocycles. The Bertz CT molecular complexity index is 541. The van der Waals surface area contributed by atoms with E-state index in [0.717, 1.165) is 0 Å². The van der Waals surface area contributed by atoms with Crippen LogP contribution in [-0.4, -0.2) is 5.11 Å². The molecule has 2 nitrogen and oxygen atoms in total. The van der Waals surface area contributed by atoms with Gasteiger partial charge in [-0.1, -0.05) is 23.2 Å². The van der Waals surface area contributed by atoms with E-state index in [-0.39, 0.29) is 5.75 Å². The standard InChI is InChI=1S/C12H7BrCl2O2/c13-9-5-12(11(16)6-10(9)15)17-8-3-1-7(14)2-4-8/h1-6,16H. The third-order valence-corrected chi connectivity index (χ3v) is 3.49. The molecule has 2 rings (SSSR count). The Balaban J connectivity index is 2.30. The van der Waals surface area contributed by atoms with Gasteiger partial charge in [0.15, 0.2) is 11.5 Å². The van der Waals surface area contributed by atoms with E-state index in [1.54, 1.807) is 30.3 Å². The van der Waals surface area contributed by atoms with E-state index in [4.69, 9.17) is 27.9 Å². The number of hydrogen-bond donors (Lipinski definition) is 1. The SMILES string of the molecule is Oc1cc(Cl)c(Br)cc1Oc1ccc(Cl)cc1. The highest BCUT2D eigenvalue weighted by Gasteiger charge is 2.08. The monoisotopic (exact) mass is 332 g/mol. The van der Waals surface area contributed by atoms with Gasteiger partial charge in [-0.25, -0.2) is 0 Å². The summed E-state index contributed by atoms with van der Waals surface area (Å²) < 4.78 is 6.16. The summed E-state index contributed by atoms with van der Waals surface area (Å²) in [6.07, 6.45) is 0. The maximum Gasteiger partial charge on any atom is 0.170 e. The van der Waals surface area contributed by atoms with Crippen LogP contribution >= 0.6 is 39.1 Å². The Hall–Kier alpha value is -0.900. The molecule has 1 N–H and O–H groups in total. The lowest BCUT2D eigenvalue weighted by Crippen LogP contribution is -1.85. The topological polar surface area (TPSA) is 29.5 Å². The van der Waals surface area contributed by atoms with Crippen LogP contribution in [0.4, 0.5) is 0 Å². The van der Waals surface area contributed by atoms with Crippen LogP contribution in [0.5, 0.6) is 17.2 Å². The second kappa shape index (κ2) is 5.17. The summed E-state index contributed by atoms with van der Waals surface area (Å²) >= 11 is 14.9. The molecule has 0 saturated heterocycles. The van der Waals surface area contributed by atoms with Gasteiger partial charge >= 0.3 is 0 Å². The van der Waals surface area contributed by atoms with E-state index < -0.39 is 0 Å².